The summed E-state index contributed by atoms with van der Waals surface area (Å²) in [5.74, 6) is -0.0964. The fraction of sp³-hybridized carbons (Fsp3) is 0.833. The highest BCUT2D eigenvalue weighted by Gasteiger charge is 2.23. The van der Waals surface area contributed by atoms with Crippen LogP contribution < -0.4 is 5.32 Å². The Balaban J connectivity index is 4.30. The second-order valence-electron chi connectivity index (χ2n) is 4.88. The van der Waals surface area contributed by atoms with E-state index in [1.807, 2.05) is 13.8 Å². The number of hydrogen-bond acceptors (Lipinski definition) is 3. The van der Waals surface area contributed by atoms with Gasteiger partial charge in [0.2, 0.25) is 5.91 Å². The molecule has 0 aliphatic carbocycles. The van der Waals surface area contributed by atoms with Crippen LogP contribution in [0.4, 0.5) is 4.79 Å². The van der Waals surface area contributed by atoms with Crippen LogP contribution in [0.2, 0.25) is 0 Å². The summed E-state index contributed by atoms with van der Waals surface area (Å²) >= 11 is 0. The third-order valence-corrected chi connectivity index (χ3v) is 2.18. The van der Waals surface area contributed by atoms with Crippen molar-refractivity contribution in [1.29, 1.82) is 0 Å². The molecule has 0 saturated carbocycles. The molecule has 2 amide bonds. The van der Waals surface area contributed by atoms with Crippen molar-refractivity contribution in [3.05, 3.63) is 0 Å². The van der Waals surface area contributed by atoms with E-state index in [-0.39, 0.29) is 5.91 Å². The van der Waals surface area contributed by atoms with E-state index in [2.05, 4.69) is 5.32 Å². The third-order valence-electron chi connectivity index (χ3n) is 2.18. The van der Waals surface area contributed by atoms with Gasteiger partial charge in [-0.25, -0.2) is 4.79 Å². The molecule has 0 rings (SSSR count). The van der Waals surface area contributed by atoms with Crippen molar-refractivity contribution in [2.45, 2.75) is 53.2 Å². The summed E-state index contributed by atoms with van der Waals surface area (Å²) in [6.45, 7) is 12.1. The summed E-state index contributed by atoms with van der Waals surface area (Å²) in [7, 11) is 0. The SMILES string of the molecule is CCN(CC)C(=O)[C@H](C)NC(=O)OC(C)(C)C. The molecule has 0 aromatic heterocycles. The molecule has 0 fully saturated rings. The maximum absolute atomic E-state index is 11.9. The normalized spacial score (nSPS) is 12.8. The zero-order valence-corrected chi connectivity index (χ0v) is 11.7. The van der Waals surface area contributed by atoms with Crippen LogP contribution in [-0.2, 0) is 9.53 Å². The fourth-order valence-corrected chi connectivity index (χ4v) is 1.36. The number of alkyl carbamates (subject to hydrolysis) is 1. The molecule has 0 radical (unpaired) electrons. The van der Waals surface area contributed by atoms with Gasteiger partial charge < -0.3 is 15.0 Å². The highest BCUT2D eigenvalue weighted by molar-refractivity contribution is 5.85. The van der Waals surface area contributed by atoms with Crippen molar-refractivity contribution < 1.29 is 14.3 Å². The van der Waals surface area contributed by atoms with Crippen LogP contribution in [0, 0.1) is 0 Å². The van der Waals surface area contributed by atoms with Gasteiger partial charge in [0.25, 0.3) is 0 Å². The molecular weight excluding hydrogens is 220 g/mol. The molecule has 0 heterocycles. The van der Waals surface area contributed by atoms with E-state index in [1.54, 1.807) is 32.6 Å². The summed E-state index contributed by atoms with van der Waals surface area (Å²) in [4.78, 5) is 25.0. The number of ether oxygens (including phenoxy) is 1. The first-order valence-electron chi connectivity index (χ1n) is 5.99. The quantitative estimate of drug-likeness (QED) is 0.820. The Labute approximate surface area is 103 Å². The average molecular weight is 244 g/mol. The van der Waals surface area contributed by atoms with Gasteiger partial charge in [-0.3, -0.25) is 4.79 Å². The van der Waals surface area contributed by atoms with E-state index in [4.69, 9.17) is 4.74 Å². The van der Waals surface area contributed by atoms with Gasteiger partial charge in [0.05, 0.1) is 0 Å². The number of rotatable bonds is 4. The minimum Gasteiger partial charge on any atom is -0.444 e. The van der Waals surface area contributed by atoms with Gasteiger partial charge >= 0.3 is 6.09 Å². The predicted octanol–water partition coefficient (Wildman–Crippen LogP) is 1.77. The Morgan fingerprint density at radius 2 is 1.71 bits per heavy atom. The second kappa shape index (κ2) is 6.47. The molecule has 0 aromatic rings. The standard InChI is InChI=1S/C12H24N2O3/c1-7-14(8-2)10(15)9(3)13-11(16)17-12(4,5)6/h9H,7-8H2,1-6H3,(H,13,16)/t9-/m0/s1. The number of hydrogen-bond donors (Lipinski definition) is 1. The molecule has 1 atom stereocenters. The van der Waals surface area contributed by atoms with Crippen molar-refractivity contribution >= 4 is 12.0 Å². The highest BCUT2D eigenvalue weighted by atomic mass is 16.6. The van der Waals surface area contributed by atoms with E-state index < -0.39 is 17.7 Å². The molecule has 5 heteroatoms. The number of likely N-dealkylation sites (N-methyl/N-ethyl adjacent to an activating group) is 1. The van der Waals surface area contributed by atoms with Crippen LogP contribution in [0.15, 0.2) is 0 Å². The van der Waals surface area contributed by atoms with E-state index in [9.17, 15) is 9.59 Å². The smallest absolute Gasteiger partial charge is 0.408 e. The monoisotopic (exact) mass is 244 g/mol. The van der Waals surface area contributed by atoms with Crippen LogP contribution in [0.3, 0.4) is 0 Å². The summed E-state index contributed by atoms with van der Waals surface area (Å²) < 4.78 is 5.08. The van der Waals surface area contributed by atoms with Gasteiger partial charge in [-0.1, -0.05) is 0 Å². The molecule has 1 N–H and O–H groups in total. The second-order valence-corrected chi connectivity index (χ2v) is 4.88. The fourth-order valence-electron chi connectivity index (χ4n) is 1.36. The number of nitrogens with one attached hydrogen (secondary N) is 1. The van der Waals surface area contributed by atoms with E-state index in [0.29, 0.717) is 13.1 Å². The van der Waals surface area contributed by atoms with Crippen LogP contribution >= 0.6 is 0 Å². The highest BCUT2D eigenvalue weighted by Crippen LogP contribution is 2.07. The average Bonchev–Trinajstić information content (AvgIpc) is 2.16. The lowest BCUT2D eigenvalue weighted by molar-refractivity contribution is -0.132. The minimum absolute atomic E-state index is 0.0964. The molecule has 0 unspecified atom stereocenters. The van der Waals surface area contributed by atoms with Crippen molar-refractivity contribution in [2.24, 2.45) is 0 Å². The van der Waals surface area contributed by atoms with E-state index >= 15 is 0 Å². The molecule has 100 valence electrons. The van der Waals surface area contributed by atoms with E-state index in [0.717, 1.165) is 0 Å². The van der Waals surface area contributed by atoms with Crippen molar-refractivity contribution in [3.63, 3.8) is 0 Å². The Morgan fingerprint density at radius 3 is 2.06 bits per heavy atom. The van der Waals surface area contributed by atoms with Crippen molar-refractivity contribution in [1.82, 2.24) is 10.2 Å². The van der Waals surface area contributed by atoms with E-state index in [1.165, 1.54) is 0 Å². The number of carbonyl (C=O) groups excluding carboxylic acids is 2. The Bertz CT molecular complexity index is 267. The van der Waals surface area contributed by atoms with Gasteiger partial charge in [0.15, 0.2) is 0 Å². The first-order chi connectivity index (χ1) is 7.71. The first-order valence-corrected chi connectivity index (χ1v) is 5.99. The first kappa shape index (κ1) is 15.7. The van der Waals surface area contributed by atoms with Crippen LogP contribution in [0.5, 0.6) is 0 Å². The van der Waals surface area contributed by atoms with Crippen molar-refractivity contribution in [2.75, 3.05) is 13.1 Å². The van der Waals surface area contributed by atoms with Gasteiger partial charge in [0, 0.05) is 13.1 Å². The Morgan fingerprint density at radius 1 is 1.24 bits per heavy atom. The van der Waals surface area contributed by atoms with Crippen LogP contribution in [-0.4, -0.2) is 41.6 Å². The molecular formula is C12H24N2O3. The molecule has 0 saturated heterocycles. The maximum Gasteiger partial charge on any atom is 0.408 e. The maximum atomic E-state index is 11.9. The summed E-state index contributed by atoms with van der Waals surface area (Å²) in [6.07, 6.45) is -0.564. The number of amides is 2. The Hall–Kier alpha value is -1.26. The Kier molecular flexibility index (Phi) is 5.99. The summed E-state index contributed by atoms with van der Waals surface area (Å²) in [6, 6.07) is -0.565. The molecule has 0 spiro atoms. The molecule has 0 aliphatic heterocycles. The topological polar surface area (TPSA) is 58.6 Å². The van der Waals surface area contributed by atoms with Crippen LogP contribution in [0.25, 0.3) is 0 Å². The van der Waals surface area contributed by atoms with Crippen LogP contribution in [0.1, 0.15) is 41.5 Å². The zero-order valence-electron chi connectivity index (χ0n) is 11.7. The van der Waals surface area contributed by atoms with Gasteiger partial charge in [-0.2, -0.15) is 0 Å². The lowest BCUT2D eigenvalue weighted by Gasteiger charge is -2.25. The van der Waals surface area contributed by atoms with Gasteiger partial charge in [0.1, 0.15) is 11.6 Å². The van der Waals surface area contributed by atoms with Gasteiger partial charge in [-0.15, -0.1) is 0 Å². The molecule has 0 bridgehead atoms. The lowest BCUT2D eigenvalue weighted by Crippen LogP contribution is -2.48. The van der Waals surface area contributed by atoms with Gasteiger partial charge in [-0.05, 0) is 41.5 Å². The number of nitrogens with zero attached hydrogens (tertiary/aromatic N) is 1. The lowest BCUT2D eigenvalue weighted by atomic mass is 10.2. The zero-order chi connectivity index (χ0) is 13.6. The largest absolute Gasteiger partial charge is 0.444 e. The third kappa shape index (κ3) is 6.14. The van der Waals surface area contributed by atoms with Crippen molar-refractivity contribution in [3.8, 4) is 0 Å². The molecule has 0 aliphatic rings. The minimum atomic E-state index is -0.565. The number of carbonyl (C=O) groups is 2. The molecule has 17 heavy (non-hydrogen) atoms. The predicted molar refractivity (Wildman–Crippen MR) is 66.8 cm³/mol. The molecule has 0 aromatic carbocycles. The summed E-state index contributed by atoms with van der Waals surface area (Å²) in [5, 5.41) is 2.53. The summed E-state index contributed by atoms with van der Waals surface area (Å²) in [5.41, 5.74) is -0.554. The molecule has 5 nitrogen and oxygen atoms in total.